The average Bonchev–Trinajstić information content (AvgIpc) is 2.98. The lowest BCUT2D eigenvalue weighted by molar-refractivity contribution is -0.279. The largest absolute Gasteiger partial charge is 0.469 e. The zero-order valence-electron chi connectivity index (χ0n) is 20.4. The van der Waals surface area contributed by atoms with Crippen molar-refractivity contribution in [2.45, 2.75) is 64.3 Å². The molecule has 0 radical (unpaired) electrons. The van der Waals surface area contributed by atoms with Crippen LogP contribution in [0.5, 0.6) is 0 Å². The predicted molar refractivity (Wildman–Crippen MR) is 120 cm³/mol. The summed E-state index contributed by atoms with van der Waals surface area (Å²) in [5.74, 6) is -1.45. The summed E-state index contributed by atoms with van der Waals surface area (Å²) in [6, 6.07) is 6.90. The Hall–Kier alpha value is -2.09. The third-order valence-electron chi connectivity index (χ3n) is 8.20. The first kappa shape index (κ1) is 26.5. The van der Waals surface area contributed by atoms with Crippen LogP contribution in [0.3, 0.4) is 0 Å². The number of fused-ring (bicyclic) bond motifs is 1. The number of carbonyl (C=O) groups is 2. The highest BCUT2D eigenvalue weighted by molar-refractivity contribution is 5.83. The molecule has 190 valence electrons. The maximum atomic E-state index is 14.3. The second kappa shape index (κ2) is 10.3. The minimum Gasteiger partial charge on any atom is -0.469 e. The molecule has 8 heteroatoms. The molecule has 1 aromatic carbocycles. The van der Waals surface area contributed by atoms with Crippen LogP contribution in [-0.2, 0) is 29.4 Å². The van der Waals surface area contributed by atoms with Crippen LogP contribution in [0, 0.1) is 35.5 Å². The number of methoxy groups -OCH3 is 2. The van der Waals surface area contributed by atoms with Gasteiger partial charge in [0.2, 0.25) is 0 Å². The first-order valence-electron chi connectivity index (χ1n) is 11.9. The first-order chi connectivity index (χ1) is 16.0. The van der Waals surface area contributed by atoms with Gasteiger partial charge in [0.05, 0.1) is 13.0 Å². The minimum atomic E-state index is -5.00. The Kier molecular flexibility index (Phi) is 8.00. The normalized spacial score (nSPS) is 32.1. The monoisotopic (exact) mass is 484 g/mol. The van der Waals surface area contributed by atoms with E-state index in [0.717, 1.165) is 26.4 Å². The van der Waals surface area contributed by atoms with Gasteiger partial charge in [0.15, 0.2) is 0 Å². The SMILES string of the molecule is COC(=O)[C@@H](C)[C@H]1CC[C@H](C)[C@H]2[C@@H](C1)[C@@H](C)C[C@H]2OC(=O)[C@@](OC)(c1ccccc1)C(F)(F)F. The van der Waals surface area contributed by atoms with Crippen molar-refractivity contribution in [3.05, 3.63) is 35.9 Å². The smallest absolute Gasteiger partial charge is 0.432 e. The summed E-state index contributed by atoms with van der Waals surface area (Å²) < 4.78 is 58.5. The van der Waals surface area contributed by atoms with Crippen molar-refractivity contribution >= 4 is 11.9 Å². The van der Waals surface area contributed by atoms with E-state index in [2.05, 4.69) is 6.92 Å². The number of benzene rings is 1. The van der Waals surface area contributed by atoms with Gasteiger partial charge in [-0.05, 0) is 42.9 Å². The Balaban J connectivity index is 1.88. The highest BCUT2D eigenvalue weighted by Gasteiger charge is 2.65. The molecule has 0 N–H and O–H groups in total. The number of rotatable bonds is 6. The van der Waals surface area contributed by atoms with E-state index in [1.165, 1.54) is 31.4 Å². The van der Waals surface area contributed by atoms with Gasteiger partial charge in [-0.3, -0.25) is 4.79 Å². The molecule has 0 aromatic heterocycles. The molecule has 2 fully saturated rings. The lowest BCUT2D eigenvalue weighted by atomic mass is 9.78. The van der Waals surface area contributed by atoms with Gasteiger partial charge in [-0.1, -0.05) is 57.5 Å². The van der Waals surface area contributed by atoms with E-state index in [0.29, 0.717) is 6.42 Å². The highest BCUT2D eigenvalue weighted by atomic mass is 19.4. The maximum absolute atomic E-state index is 14.3. The van der Waals surface area contributed by atoms with Crippen LogP contribution in [0.4, 0.5) is 13.2 Å². The van der Waals surface area contributed by atoms with E-state index < -0.39 is 23.9 Å². The molecule has 8 atom stereocenters. The van der Waals surface area contributed by atoms with Crippen molar-refractivity contribution in [3.8, 4) is 0 Å². The summed E-state index contributed by atoms with van der Waals surface area (Å²) in [6.45, 7) is 5.98. The van der Waals surface area contributed by atoms with Gasteiger partial charge in [0, 0.05) is 18.6 Å². The van der Waals surface area contributed by atoms with Crippen molar-refractivity contribution in [1.29, 1.82) is 0 Å². The Morgan fingerprint density at radius 2 is 1.65 bits per heavy atom. The molecule has 0 saturated heterocycles. The van der Waals surface area contributed by atoms with Crippen LogP contribution in [0.15, 0.2) is 30.3 Å². The number of esters is 2. The maximum Gasteiger partial charge on any atom is 0.432 e. The minimum absolute atomic E-state index is 0.0765. The Labute approximate surface area is 199 Å². The standard InChI is InChI=1S/C26H35F3O5/c1-15-11-12-18(17(3)23(30)32-4)14-20-16(2)13-21(22(15)20)34-24(31)25(33-5,26(27,28)29)19-9-7-6-8-10-19/h6-10,15-18,20-22H,11-14H2,1-5H3/t15-,16-,17-,18-,20-,21+,22-,25-/m0/s1. The van der Waals surface area contributed by atoms with Gasteiger partial charge in [0.1, 0.15) is 6.10 Å². The van der Waals surface area contributed by atoms with Crippen LogP contribution in [0.1, 0.15) is 52.0 Å². The Morgan fingerprint density at radius 1 is 1.00 bits per heavy atom. The lowest BCUT2D eigenvalue weighted by Gasteiger charge is -2.35. The molecule has 2 aliphatic rings. The molecule has 0 unspecified atom stereocenters. The van der Waals surface area contributed by atoms with E-state index in [-0.39, 0.29) is 47.0 Å². The van der Waals surface area contributed by atoms with Gasteiger partial charge >= 0.3 is 18.1 Å². The zero-order valence-corrected chi connectivity index (χ0v) is 20.4. The van der Waals surface area contributed by atoms with Gasteiger partial charge in [-0.2, -0.15) is 13.2 Å². The number of alkyl halides is 3. The van der Waals surface area contributed by atoms with Gasteiger partial charge in [-0.25, -0.2) is 4.79 Å². The van der Waals surface area contributed by atoms with E-state index >= 15 is 0 Å². The number of carbonyl (C=O) groups excluding carboxylic acids is 2. The van der Waals surface area contributed by atoms with Gasteiger partial charge < -0.3 is 14.2 Å². The molecular weight excluding hydrogens is 449 g/mol. The molecular formula is C26H35F3O5. The third-order valence-corrected chi connectivity index (χ3v) is 8.20. The number of halogens is 3. The Morgan fingerprint density at radius 3 is 2.21 bits per heavy atom. The van der Waals surface area contributed by atoms with E-state index in [1.807, 2.05) is 13.8 Å². The summed E-state index contributed by atoms with van der Waals surface area (Å²) >= 11 is 0. The third kappa shape index (κ3) is 4.70. The molecule has 1 aromatic rings. The molecule has 34 heavy (non-hydrogen) atoms. The lowest BCUT2D eigenvalue weighted by Crippen LogP contribution is -2.53. The van der Waals surface area contributed by atoms with Crippen LogP contribution in [0.25, 0.3) is 0 Å². The van der Waals surface area contributed by atoms with Crippen LogP contribution in [-0.4, -0.2) is 38.4 Å². The summed E-state index contributed by atoms with van der Waals surface area (Å²) in [6.07, 6.45) is -2.77. The van der Waals surface area contributed by atoms with Crippen molar-refractivity contribution in [2.75, 3.05) is 14.2 Å². The molecule has 0 spiro atoms. The van der Waals surface area contributed by atoms with E-state index in [1.54, 1.807) is 6.07 Å². The van der Waals surface area contributed by atoms with Crippen LogP contribution in [0.2, 0.25) is 0 Å². The summed E-state index contributed by atoms with van der Waals surface area (Å²) in [4.78, 5) is 25.4. The number of hydrogen-bond donors (Lipinski definition) is 0. The van der Waals surface area contributed by atoms with Crippen LogP contribution >= 0.6 is 0 Å². The summed E-state index contributed by atoms with van der Waals surface area (Å²) in [7, 11) is 2.26. The second-order valence-electron chi connectivity index (χ2n) is 10.0. The highest BCUT2D eigenvalue weighted by Crippen LogP contribution is 2.52. The average molecular weight is 485 g/mol. The molecule has 0 heterocycles. The molecule has 3 rings (SSSR count). The molecule has 2 saturated carbocycles. The predicted octanol–water partition coefficient (Wildman–Crippen LogP) is 5.52. The van der Waals surface area contributed by atoms with E-state index in [9.17, 15) is 22.8 Å². The van der Waals surface area contributed by atoms with Crippen LogP contribution < -0.4 is 0 Å². The molecule has 5 nitrogen and oxygen atoms in total. The molecule has 0 aliphatic heterocycles. The fourth-order valence-corrected chi connectivity index (χ4v) is 6.23. The fourth-order valence-electron chi connectivity index (χ4n) is 6.23. The molecule has 0 bridgehead atoms. The summed E-state index contributed by atoms with van der Waals surface area (Å²) in [5, 5.41) is 0. The second-order valence-corrected chi connectivity index (χ2v) is 10.0. The molecule has 0 amide bonds. The molecule has 2 aliphatic carbocycles. The first-order valence-corrected chi connectivity index (χ1v) is 11.9. The van der Waals surface area contributed by atoms with E-state index in [4.69, 9.17) is 14.2 Å². The van der Waals surface area contributed by atoms with Gasteiger partial charge in [0.25, 0.3) is 5.60 Å². The van der Waals surface area contributed by atoms with Crippen molar-refractivity contribution in [1.82, 2.24) is 0 Å². The quantitative estimate of drug-likeness (QED) is 0.498. The number of hydrogen-bond acceptors (Lipinski definition) is 5. The van der Waals surface area contributed by atoms with Crippen molar-refractivity contribution < 1.29 is 37.0 Å². The summed E-state index contributed by atoms with van der Waals surface area (Å²) in [5.41, 5.74) is -3.50. The zero-order chi connectivity index (χ0) is 25.3. The van der Waals surface area contributed by atoms with Crippen molar-refractivity contribution in [3.63, 3.8) is 0 Å². The Bertz CT molecular complexity index is 858. The van der Waals surface area contributed by atoms with Crippen molar-refractivity contribution in [2.24, 2.45) is 35.5 Å². The topological polar surface area (TPSA) is 61.8 Å². The van der Waals surface area contributed by atoms with Gasteiger partial charge in [-0.15, -0.1) is 0 Å². The fraction of sp³-hybridized carbons (Fsp3) is 0.692. The number of ether oxygens (including phenoxy) is 3.